The Balaban J connectivity index is 2.10. The highest BCUT2D eigenvalue weighted by Crippen LogP contribution is 2.24. The highest BCUT2D eigenvalue weighted by Gasteiger charge is 2.05. The van der Waals surface area contributed by atoms with Gasteiger partial charge in [-0.15, -0.1) is 11.3 Å². The number of thiazole rings is 1. The Morgan fingerprint density at radius 2 is 2.06 bits per heavy atom. The largest absolute Gasteiger partial charge is 0.378 e. The maximum absolute atomic E-state index is 4.52. The molecule has 0 saturated carbocycles. The molecule has 0 amide bonds. The number of benzene rings is 1. The summed E-state index contributed by atoms with van der Waals surface area (Å²) < 4.78 is 1.13. The highest BCUT2D eigenvalue weighted by atomic mass is 79.9. The van der Waals surface area contributed by atoms with E-state index in [2.05, 4.69) is 59.1 Å². The van der Waals surface area contributed by atoms with Gasteiger partial charge in [0.15, 0.2) is 0 Å². The Bertz CT molecular complexity index is 515. The third-order valence-corrected chi connectivity index (χ3v) is 4.70. The average molecular weight is 311 g/mol. The van der Waals surface area contributed by atoms with E-state index in [1.165, 1.54) is 10.4 Å². The van der Waals surface area contributed by atoms with Gasteiger partial charge in [0, 0.05) is 15.0 Å². The zero-order chi connectivity index (χ0) is 12.4. The van der Waals surface area contributed by atoms with Gasteiger partial charge >= 0.3 is 0 Å². The summed E-state index contributed by atoms with van der Waals surface area (Å²) in [5.41, 5.74) is 3.53. The van der Waals surface area contributed by atoms with Gasteiger partial charge in [0.25, 0.3) is 0 Å². The predicted octanol–water partition coefficient (Wildman–Crippen LogP) is 4.44. The minimum absolute atomic E-state index is 0.788. The number of hydrogen-bond donors (Lipinski definition) is 1. The van der Waals surface area contributed by atoms with Gasteiger partial charge in [-0.25, -0.2) is 4.98 Å². The molecule has 0 atom stereocenters. The molecule has 2 nitrogen and oxygen atoms in total. The number of rotatable bonds is 3. The average Bonchev–Trinajstić information content (AvgIpc) is 2.61. The number of hydrogen-bond acceptors (Lipinski definition) is 3. The van der Waals surface area contributed by atoms with E-state index in [1.807, 2.05) is 6.07 Å². The van der Waals surface area contributed by atoms with Crippen LogP contribution in [-0.2, 0) is 6.54 Å². The van der Waals surface area contributed by atoms with E-state index in [0.717, 1.165) is 27.4 Å². The smallest absolute Gasteiger partial charge is 0.112 e. The first-order valence-electron chi connectivity index (χ1n) is 5.50. The van der Waals surface area contributed by atoms with E-state index in [9.17, 15) is 0 Å². The van der Waals surface area contributed by atoms with Gasteiger partial charge in [-0.1, -0.05) is 22.0 Å². The lowest BCUT2D eigenvalue weighted by atomic mass is 10.2. The van der Waals surface area contributed by atoms with Gasteiger partial charge in [0.1, 0.15) is 5.01 Å². The fourth-order valence-electron chi connectivity index (χ4n) is 1.58. The van der Waals surface area contributed by atoms with Crippen molar-refractivity contribution in [3.63, 3.8) is 0 Å². The minimum atomic E-state index is 0.788. The molecule has 0 bridgehead atoms. The van der Waals surface area contributed by atoms with Crippen LogP contribution in [0.4, 0.5) is 5.69 Å². The Hall–Kier alpha value is -0.870. The number of nitrogens with zero attached hydrogens (tertiary/aromatic N) is 1. The van der Waals surface area contributed by atoms with Crippen molar-refractivity contribution < 1.29 is 0 Å². The van der Waals surface area contributed by atoms with E-state index >= 15 is 0 Å². The molecule has 0 aliphatic rings. The molecule has 0 spiro atoms. The molecule has 2 aromatic rings. The van der Waals surface area contributed by atoms with Crippen LogP contribution in [-0.4, -0.2) is 4.98 Å². The molecule has 0 radical (unpaired) electrons. The van der Waals surface area contributed by atoms with Gasteiger partial charge in [0.2, 0.25) is 0 Å². The third-order valence-electron chi connectivity index (χ3n) is 2.77. The molecule has 1 aromatic heterocycles. The number of aryl methyl sites for hydroxylation is 2. The molecule has 4 heteroatoms. The monoisotopic (exact) mass is 310 g/mol. The van der Waals surface area contributed by atoms with Crippen LogP contribution in [0.1, 0.15) is 21.1 Å². The molecule has 0 aliphatic carbocycles. The van der Waals surface area contributed by atoms with Gasteiger partial charge < -0.3 is 5.32 Å². The van der Waals surface area contributed by atoms with Gasteiger partial charge in [0.05, 0.1) is 12.2 Å². The number of halogens is 1. The lowest BCUT2D eigenvalue weighted by Gasteiger charge is -2.09. The van der Waals surface area contributed by atoms with E-state index in [4.69, 9.17) is 0 Å². The molecule has 0 saturated heterocycles. The second kappa shape index (κ2) is 5.19. The van der Waals surface area contributed by atoms with Crippen molar-refractivity contribution in [1.29, 1.82) is 0 Å². The summed E-state index contributed by atoms with van der Waals surface area (Å²) in [6.45, 7) is 7.06. The maximum Gasteiger partial charge on any atom is 0.112 e. The van der Waals surface area contributed by atoms with E-state index in [-0.39, 0.29) is 0 Å². The van der Waals surface area contributed by atoms with Crippen LogP contribution in [0.5, 0.6) is 0 Å². The van der Waals surface area contributed by atoms with E-state index in [1.54, 1.807) is 11.3 Å². The summed E-state index contributed by atoms with van der Waals surface area (Å²) in [7, 11) is 0. The standard InChI is InChI=1S/C13H15BrN2S/c1-8-11(14)5-4-6-12(8)15-7-13-16-9(2)10(3)17-13/h4-6,15H,7H2,1-3H3. The van der Waals surface area contributed by atoms with Crippen molar-refractivity contribution in [2.24, 2.45) is 0 Å². The van der Waals surface area contributed by atoms with Crippen LogP contribution in [0.3, 0.4) is 0 Å². The van der Waals surface area contributed by atoms with E-state index in [0.29, 0.717) is 0 Å². The normalized spacial score (nSPS) is 10.6. The summed E-state index contributed by atoms with van der Waals surface area (Å²) in [6, 6.07) is 6.18. The second-order valence-corrected chi connectivity index (χ2v) is 6.16. The topological polar surface area (TPSA) is 24.9 Å². The number of aromatic nitrogens is 1. The predicted molar refractivity (Wildman–Crippen MR) is 77.8 cm³/mol. The maximum atomic E-state index is 4.52. The Labute approximate surface area is 114 Å². The van der Waals surface area contributed by atoms with Gasteiger partial charge in [-0.2, -0.15) is 0 Å². The number of nitrogens with one attached hydrogen (secondary N) is 1. The summed E-state index contributed by atoms with van der Waals surface area (Å²) in [5.74, 6) is 0. The molecule has 1 heterocycles. The molecular formula is C13H15BrN2S. The first kappa shape index (κ1) is 12.6. The summed E-state index contributed by atoms with van der Waals surface area (Å²) >= 11 is 5.29. The molecular weight excluding hydrogens is 296 g/mol. The first-order valence-corrected chi connectivity index (χ1v) is 7.11. The molecule has 90 valence electrons. The zero-order valence-corrected chi connectivity index (χ0v) is 12.6. The Morgan fingerprint density at radius 1 is 1.29 bits per heavy atom. The third kappa shape index (κ3) is 2.87. The Morgan fingerprint density at radius 3 is 2.71 bits per heavy atom. The van der Waals surface area contributed by atoms with Crippen LogP contribution in [0.25, 0.3) is 0 Å². The fraction of sp³-hybridized carbons (Fsp3) is 0.308. The molecule has 0 aliphatic heterocycles. The van der Waals surface area contributed by atoms with Gasteiger partial charge in [-0.3, -0.25) is 0 Å². The lowest BCUT2D eigenvalue weighted by Crippen LogP contribution is -2.00. The molecule has 0 unspecified atom stereocenters. The highest BCUT2D eigenvalue weighted by molar-refractivity contribution is 9.10. The minimum Gasteiger partial charge on any atom is -0.378 e. The van der Waals surface area contributed by atoms with Crippen LogP contribution < -0.4 is 5.32 Å². The molecule has 1 N–H and O–H groups in total. The van der Waals surface area contributed by atoms with Gasteiger partial charge in [-0.05, 0) is 38.5 Å². The zero-order valence-electron chi connectivity index (χ0n) is 10.2. The lowest BCUT2D eigenvalue weighted by molar-refractivity contribution is 1.07. The SMILES string of the molecule is Cc1nc(CNc2cccc(Br)c2C)sc1C. The van der Waals surface area contributed by atoms with E-state index < -0.39 is 0 Å². The van der Waals surface area contributed by atoms with Crippen molar-refractivity contribution >= 4 is 33.0 Å². The van der Waals surface area contributed by atoms with Crippen molar-refractivity contribution in [1.82, 2.24) is 4.98 Å². The number of anilines is 1. The van der Waals surface area contributed by atoms with Crippen molar-refractivity contribution in [2.75, 3.05) is 5.32 Å². The molecule has 17 heavy (non-hydrogen) atoms. The molecule has 0 fully saturated rings. The van der Waals surface area contributed by atoms with Crippen molar-refractivity contribution in [3.8, 4) is 0 Å². The first-order chi connectivity index (χ1) is 8.08. The van der Waals surface area contributed by atoms with Crippen LogP contribution in [0.2, 0.25) is 0 Å². The summed E-state index contributed by atoms with van der Waals surface area (Å²) in [4.78, 5) is 5.82. The van der Waals surface area contributed by atoms with Crippen molar-refractivity contribution in [2.45, 2.75) is 27.3 Å². The van der Waals surface area contributed by atoms with Crippen LogP contribution in [0.15, 0.2) is 22.7 Å². The summed E-state index contributed by atoms with van der Waals surface area (Å²) in [6.07, 6.45) is 0. The summed E-state index contributed by atoms with van der Waals surface area (Å²) in [5, 5.41) is 4.57. The quantitative estimate of drug-likeness (QED) is 0.906. The second-order valence-electron chi connectivity index (χ2n) is 4.02. The fourth-order valence-corrected chi connectivity index (χ4v) is 2.82. The molecule has 1 aromatic carbocycles. The van der Waals surface area contributed by atoms with Crippen LogP contribution >= 0.6 is 27.3 Å². The van der Waals surface area contributed by atoms with Crippen LogP contribution in [0, 0.1) is 20.8 Å². The Kier molecular flexibility index (Phi) is 3.84. The van der Waals surface area contributed by atoms with Crippen molar-refractivity contribution in [3.05, 3.63) is 43.8 Å². The molecule has 2 rings (SSSR count).